The third-order valence-corrected chi connectivity index (χ3v) is 3.89. The van der Waals surface area contributed by atoms with E-state index in [1.807, 2.05) is 30.3 Å². The molecule has 19 heavy (non-hydrogen) atoms. The molecule has 0 radical (unpaired) electrons. The zero-order valence-electron chi connectivity index (χ0n) is 10.0. The Bertz CT molecular complexity index is 679. The molecule has 0 aliphatic carbocycles. The van der Waals surface area contributed by atoms with Gasteiger partial charge in [-0.1, -0.05) is 23.7 Å². The number of nitrogens with zero attached hydrogens (tertiary/aromatic N) is 1. The number of pyridine rings is 1. The van der Waals surface area contributed by atoms with Gasteiger partial charge >= 0.3 is 0 Å². The van der Waals surface area contributed by atoms with E-state index < -0.39 is 0 Å². The Morgan fingerprint density at radius 3 is 2.63 bits per heavy atom. The number of halogens is 1. The first-order chi connectivity index (χ1) is 9.31. The highest BCUT2D eigenvalue weighted by Crippen LogP contribution is 2.32. The molecule has 2 heterocycles. The molecule has 0 saturated heterocycles. The fraction of sp³-hybridized carbons (Fsp3) is 0. The van der Waals surface area contributed by atoms with Gasteiger partial charge in [0.15, 0.2) is 0 Å². The Kier molecular flexibility index (Phi) is 3.49. The van der Waals surface area contributed by atoms with Crippen molar-refractivity contribution in [3.63, 3.8) is 0 Å². The van der Waals surface area contributed by atoms with Crippen LogP contribution in [-0.2, 0) is 0 Å². The number of hydrogen-bond donors (Lipinski definition) is 1. The van der Waals surface area contributed by atoms with Crippen molar-refractivity contribution in [3.05, 3.63) is 65.3 Å². The van der Waals surface area contributed by atoms with Crippen LogP contribution in [0.3, 0.4) is 0 Å². The van der Waals surface area contributed by atoms with Gasteiger partial charge in [0.2, 0.25) is 0 Å². The SMILES string of the molecule is Clc1cccc(-c2cc(Nc3ccncc3)cs2)c1. The molecule has 2 aromatic heterocycles. The Hall–Kier alpha value is -1.84. The van der Waals surface area contributed by atoms with Crippen LogP contribution in [0.25, 0.3) is 10.4 Å². The topological polar surface area (TPSA) is 24.9 Å². The van der Waals surface area contributed by atoms with Gasteiger partial charge in [0, 0.05) is 39.0 Å². The summed E-state index contributed by atoms with van der Waals surface area (Å²) in [6, 6.07) is 13.9. The standard InChI is InChI=1S/C15H11ClN2S/c16-12-3-1-2-11(8-12)15-9-14(10-19-15)18-13-4-6-17-7-5-13/h1-10H,(H,17,18). The number of anilines is 2. The lowest BCUT2D eigenvalue weighted by atomic mass is 10.2. The molecular weight excluding hydrogens is 276 g/mol. The van der Waals surface area contributed by atoms with Crippen molar-refractivity contribution < 1.29 is 0 Å². The van der Waals surface area contributed by atoms with E-state index in [1.54, 1.807) is 23.7 Å². The second kappa shape index (κ2) is 5.43. The quantitative estimate of drug-likeness (QED) is 0.715. The average Bonchev–Trinajstić information content (AvgIpc) is 2.88. The van der Waals surface area contributed by atoms with Crippen molar-refractivity contribution in [2.75, 3.05) is 5.32 Å². The summed E-state index contributed by atoms with van der Waals surface area (Å²) in [6.07, 6.45) is 3.54. The lowest BCUT2D eigenvalue weighted by Crippen LogP contribution is -1.87. The summed E-state index contributed by atoms with van der Waals surface area (Å²) in [5.74, 6) is 0. The maximum atomic E-state index is 6.01. The maximum absolute atomic E-state index is 6.01. The number of nitrogens with one attached hydrogen (secondary N) is 1. The molecule has 0 atom stereocenters. The van der Waals surface area contributed by atoms with E-state index in [0.717, 1.165) is 22.0 Å². The Balaban J connectivity index is 1.84. The second-order valence-corrected chi connectivity index (χ2v) is 5.42. The number of hydrogen-bond acceptors (Lipinski definition) is 3. The molecule has 1 N–H and O–H groups in total. The smallest absolute Gasteiger partial charge is 0.0499 e. The van der Waals surface area contributed by atoms with Crippen molar-refractivity contribution in [1.82, 2.24) is 4.98 Å². The normalized spacial score (nSPS) is 10.4. The van der Waals surface area contributed by atoms with Crippen LogP contribution in [0, 0.1) is 0 Å². The summed E-state index contributed by atoms with van der Waals surface area (Å²) < 4.78 is 0. The van der Waals surface area contributed by atoms with Gasteiger partial charge in [-0.2, -0.15) is 0 Å². The van der Waals surface area contributed by atoms with Gasteiger partial charge in [-0.3, -0.25) is 4.98 Å². The van der Waals surface area contributed by atoms with E-state index in [0.29, 0.717) is 0 Å². The molecule has 94 valence electrons. The molecule has 3 rings (SSSR count). The zero-order valence-corrected chi connectivity index (χ0v) is 11.6. The van der Waals surface area contributed by atoms with Gasteiger partial charge in [-0.25, -0.2) is 0 Å². The molecule has 0 unspecified atom stereocenters. The molecule has 4 heteroatoms. The molecule has 0 amide bonds. The summed E-state index contributed by atoms with van der Waals surface area (Å²) in [6.45, 7) is 0. The zero-order chi connectivity index (χ0) is 13.1. The Morgan fingerprint density at radius 1 is 1.00 bits per heavy atom. The van der Waals surface area contributed by atoms with Crippen LogP contribution in [0.15, 0.2) is 60.2 Å². The fourth-order valence-corrected chi connectivity index (χ4v) is 2.83. The molecule has 2 nitrogen and oxygen atoms in total. The van der Waals surface area contributed by atoms with Crippen molar-refractivity contribution >= 4 is 34.3 Å². The predicted molar refractivity (Wildman–Crippen MR) is 82.3 cm³/mol. The molecule has 0 aliphatic rings. The minimum atomic E-state index is 0.759. The first-order valence-corrected chi connectivity index (χ1v) is 7.08. The van der Waals surface area contributed by atoms with Gasteiger partial charge < -0.3 is 5.32 Å². The van der Waals surface area contributed by atoms with E-state index in [2.05, 4.69) is 27.8 Å². The number of benzene rings is 1. The van der Waals surface area contributed by atoms with Crippen molar-refractivity contribution in [2.24, 2.45) is 0 Å². The molecule has 0 aliphatic heterocycles. The van der Waals surface area contributed by atoms with Gasteiger partial charge in [0.25, 0.3) is 0 Å². The summed E-state index contributed by atoms with van der Waals surface area (Å²) in [7, 11) is 0. The van der Waals surface area contributed by atoms with E-state index in [1.165, 1.54) is 4.88 Å². The lowest BCUT2D eigenvalue weighted by Gasteiger charge is -2.02. The van der Waals surface area contributed by atoms with Crippen LogP contribution in [-0.4, -0.2) is 4.98 Å². The van der Waals surface area contributed by atoms with Crippen LogP contribution in [0.2, 0.25) is 5.02 Å². The minimum Gasteiger partial charge on any atom is -0.355 e. The second-order valence-electron chi connectivity index (χ2n) is 4.07. The van der Waals surface area contributed by atoms with Gasteiger partial charge in [-0.15, -0.1) is 11.3 Å². The third kappa shape index (κ3) is 2.95. The van der Waals surface area contributed by atoms with Gasteiger partial charge in [0.05, 0.1) is 0 Å². The molecule has 0 bridgehead atoms. The van der Waals surface area contributed by atoms with Gasteiger partial charge in [0.1, 0.15) is 0 Å². The van der Waals surface area contributed by atoms with E-state index in [9.17, 15) is 0 Å². The monoisotopic (exact) mass is 286 g/mol. The summed E-state index contributed by atoms with van der Waals surface area (Å²) in [4.78, 5) is 5.19. The number of aromatic nitrogens is 1. The maximum Gasteiger partial charge on any atom is 0.0499 e. The van der Waals surface area contributed by atoms with Crippen molar-refractivity contribution in [1.29, 1.82) is 0 Å². The minimum absolute atomic E-state index is 0.759. The highest BCUT2D eigenvalue weighted by atomic mass is 35.5. The first-order valence-electron chi connectivity index (χ1n) is 5.83. The average molecular weight is 287 g/mol. The molecule has 1 aromatic carbocycles. The molecule has 0 fully saturated rings. The number of thiophene rings is 1. The molecule has 0 saturated carbocycles. The molecule has 0 spiro atoms. The first kappa shape index (κ1) is 12.2. The van der Waals surface area contributed by atoms with Crippen LogP contribution in [0.4, 0.5) is 11.4 Å². The lowest BCUT2D eigenvalue weighted by molar-refractivity contribution is 1.33. The summed E-state index contributed by atoms with van der Waals surface area (Å²) in [5.41, 5.74) is 3.25. The highest BCUT2D eigenvalue weighted by Gasteiger charge is 2.03. The third-order valence-electron chi connectivity index (χ3n) is 2.68. The predicted octanol–water partition coefficient (Wildman–Crippen LogP) is 5.21. The van der Waals surface area contributed by atoms with Crippen LogP contribution in [0.1, 0.15) is 0 Å². The highest BCUT2D eigenvalue weighted by molar-refractivity contribution is 7.14. The van der Waals surface area contributed by atoms with Crippen LogP contribution >= 0.6 is 22.9 Å². The van der Waals surface area contributed by atoms with E-state index in [-0.39, 0.29) is 0 Å². The summed E-state index contributed by atoms with van der Waals surface area (Å²) in [5, 5.41) is 6.20. The Morgan fingerprint density at radius 2 is 1.84 bits per heavy atom. The largest absolute Gasteiger partial charge is 0.355 e. The van der Waals surface area contributed by atoms with Crippen LogP contribution < -0.4 is 5.32 Å². The molecule has 3 aromatic rings. The van der Waals surface area contributed by atoms with E-state index >= 15 is 0 Å². The van der Waals surface area contributed by atoms with Crippen molar-refractivity contribution in [3.8, 4) is 10.4 Å². The number of rotatable bonds is 3. The Labute approximate surface area is 120 Å². The van der Waals surface area contributed by atoms with Crippen molar-refractivity contribution in [2.45, 2.75) is 0 Å². The van der Waals surface area contributed by atoms with E-state index in [4.69, 9.17) is 11.6 Å². The fourth-order valence-electron chi connectivity index (χ4n) is 1.80. The van der Waals surface area contributed by atoms with Crippen LogP contribution in [0.5, 0.6) is 0 Å². The van der Waals surface area contributed by atoms with Gasteiger partial charge in [-0.05, 0) is 35.9 Å². The molecular formula is C15H11ClN2S. The summed E-state index contributed by atoms with van der Waals surface area (Å²) >= 11 is 7.71.